The van der Waals surface area contributed by atoms with Gasteiger partial charge in [0.25, 0.3) is 5.56 Å². The van der Waals surface area contributed by atoms with E-state index in [0.717, 1.165) is 48.9 Å². The summed E-state index contributed by atoms with van der Waals surface area (Å²) in [5, 5.41) is 8.20. The molecule has 5 nitrogen and oxygen atoms in total. The Labute approximate surface area is 164 Å². The lowest BCUT2D eigenvalue weighted by molar-refractivity contribution is -0.121. The number of amides is 1. The second-order valence-corrected chi connectivity index (χ2v) is 7.55. The average molecular weight is 388 g/mol. The van der Waals surface area contributed by atoms with E-state index >= 15 is 0 Å². The van der Waals surface area contributed by atoms with Gasteiger partial charge in [0.1, 0.15) is 0 Å². The SMILES string of the molecule is CC[C@@H](Cn1nc2c(cc1=O)CCCCC2)NC(=O)Cc1ccccc1Cl. The number of carbonyl (C=O) groups is 1. The highest BCUT2D eigenvalue weighted by Crippen LogP contribution is 2.17. The van der Waals surface area contributed by atoms with Crippen LogP contribution < -0.4 is 10.9 Å². The lowest BCUT2D eigenvalue weighted by Gasteiger charge is -2.19. The molecule has 1 aliphatic carbocycles. The topological polar surface area (TPSA) is 64.0 Å². The summed E-state index contributed by atoms with van der Waals surface area (Å²) >= 11 is 6.13. The van der Waals surface area contributed by atoms with E-state index in [1.807, 2.05) is 25.1 Å². The normalized spacial score (nSPS) is 14.9. The van der Waals surface area contributed by atoms with Gasteiger partial charge in [-0.25, -0.2) is 4.68 Å². The summed E-state index contributed by atoms with van der Waals surface area (Å²) < 4.78 is 1.51. The molecule has 0 bridgehead atoms. The van der Waals surface area contributed by atoms with Crippen LogP contribution in [0.3, 0.4) is 0 Å². The number of rotatable bonds is 6. The van der Waals surface area contributed by atoms with Gasteiger partial charge >= 0.3 is 0 Å². The first-order valence-corrected chi connectivity index (χ1v) is 10.1. The number of carbonyl (C=O) groups excluding carboxylic acids is 1. The molecule has 6 heteroatoms. The van der Waals surface area contributed by atoms with Gasteiger partial charge in [0.05, 0.1) is 18.7 Å². The van der Waals surface area contributed by atoms with E-state index in [9.17, 15) is 9.59 Å². The minimum absolute atomic E-state index is 0.0885. The molecular formula is C21H26ClN3O2. The largest absolute Gasteiger partial charge is 0.351 e. The maximum absolute atomic E-state index is 12.4. The van der Waals surface area contributed by atoms with E-state index in [4.69, 9.17) is 11.6 Å². The summed E-state index contributed by atoms with van der Waals surface area (Å²) in [6.45, 7) is 2.38. The van der Waals surface area contributed by atoms with Crippen molar-refractivity contribution >= 4 is 17.5 Å². The molecular weight excluding hydrogens is 362 g/mol. The Morgan fingerprint density at radius 2 is 2.04 bits per heavy atom. The number of nitrogens with one attached hydrogen (secondary N) is 1. The van der Waals surface area contributed by atoms with Crippen LogP contribution in [0.25, 0.3) is 0 Å². The molecule has 0 saturated heterocycles. The van der Waals surface area contributed by atoms with Crippen LogP contribution in [0.2, 0.25) is 5.02 Å². The van der Waals surface area contributed by atoms with Crippen molar-refractivity contribution in [2.24, 2.45) is 0 Å². The maximum atomic E-state index is 12.4. The quantitative estimate of drug-likeness (QED) is 0.773. The third-order valence-electron chi connectivity index (χ3n) is 5.08. The molecule has 3 rings (SSSR count). The van der Waals surface area contributed by atoms with Crippen molar-refractivity contribution in [2.75, 3.05) is 0 Å². The van der Waals surface area contributed by atoms with Crippen molar-refractivity contribution < 1.29 is 4.79 Å². The number of hydrogen-bond acceptors (Lipinski definition) is 3. The zero-order valence-electron chi connectivity index (χ0n) is 15.7. The number of nitrogens with zero attached hydrogens (tertiary/aromatic N) is 2. The number of halogens is 1. The third kappa shape index (κ3) is 5.19. The number of aryl methyl sites for hydroxylation is 2. The fourth-order valence-electron chi connectivity index (χ4n) is 3.49. The highest BCUT2D eigenvalue weighted by Gasteiger charge is 2.17. The van der Waals surface area contributed by atoms with E-state index in [0.29, 0.717) is 11.6 Å². The highest BCUT2D eigenvalue weighted by molar-refractivity contribution is 6.31. The first kappa shape index (κ1) is 19.6. The zero-order valence-corrected chi connectivity index (χ0v) is 16.5. The maximum Gasteiger partial charge on any atom is 0.267 e. The lowest BCUT2D eigenvalue weighted by Crippen LogP contribution is -2.41. The van der Waals surface area contributed by atoms with Gasteiger partial charge in [-0.15, -0.1) is 0 Å². The van der Waals surface area contributed by atoms with Gasteiger partial charge in [0, 0.05) is 17.1 Å². The molecule has 1 aromatic carbocycles. The van der Waals surface area contributed by atoms with Crippen LogP contribution in [0, 0.1) is 0 Å². The van der Waals surface area contributed by atoms with Crippen molar-refractivity contribution in [3.05, 3.63) is 62.5 Å². The van der Waals surface area contributed by atoms with Crippen LogP contribution in [-0.4, -0.2) is 21.7 Å². The molecule has 0 fully saturated rings. The Hall–Kier alpha value is -2.14. The summed E-state index contributed by atoms with van der Waals surface area (Å²) in [6, 6.07) is 8.92. The summed E-state index contributed by atoms with van der Waals surface area (Å²) in [6.07, 6.45) is 6.22. The summed E-state index contributed by atoms with van der Waals surface area (Å²) in [5.74, 6) is -0.0993. The number of hydrogen-bond donors (Lipinski definition) is 1. The average Bonchev–Trinajstić information content (AvgIpc) is 2.88. The minimum Gasteiger partial charge on any atom is -0.351 e. The first-order valence-electron chi connectivity index (χ1n) is 9.69. The third-order valence-corrected chi connectivity index (χ3v) is 5.45. The molecule has 0 aliphatic heterocycles. The Morgan fingerprint density at radius 3 is 2.81 bits per heavy atom. The molecule has 1 N–H and O–H groups in total. The first-order chi connectivity index (χ1) is 13.1. The number of aromatic nitrogens is 2. The van der Waals surface area contributed by atoms with Gasteiger partial charge in [-0.2, -0.15) is 5.10 Å². The molecule has 1 heterocycles. The van der Waals surface area contributed by atoms with Crippen LogP contribution in [0.5, 0.6) is 0 Å². The van der Waals surface area contributed by atoms with E-state index < -0.39 is 0 Å². The second kappa shape index (κ2) is 9.18. The molecule has 1 amide bonds. The molecule has 1 aromatic heterocycles. The van der Waals surface area contributed by atoms with E-state index in [1.54, 1.807) is 12.1 Å². The summed E-state index contributed by atoms with van der Waals surface area (Å²) in [7, 11) is 0. The molecule has 0 spiro atoms. The Bertz CT molecular complexity index is 863. The molecule has 1 atom stereocenters. The predicted molar refractivity (Wildman–Crippen MR) is 107 cm³/mol. The van der Waals surface area contributed by atoms with Crippen LogP contribution >= 0.6 is 11.6 Å². The summed E-state index contributed by atoms with van der Waals surface area (Å²) in [5.41, 5.74) is 2.83. The highest BCUT2D eigenvalue weighted by atomic mass is 35.5. The molecule has 0 saturated carbocycles. The van der Waals surface area contributed by atoms with Crippen molar-refractivity contribution in [3.63, 3.8) is 0 Å². The Morgan fingerprint density at radius 1 is 1.26 bits per heavy atom. The Kier molecular flexibility index (Phi) is 6.67. The fourth-order valence-corrected chi connectivity index (χ4v) is 3.69. The van der Waals surface area contributed by atoms with Gasteiger partial charge in [0.15, 0.2) is 0 Å². The van der Waals surface area contributed by atoms with Gasteiger partial charge in [-0.3, -0.25) is 9.59 Å². The van der Waals surface area contributed by atoms with Gasteiger partial charge in [-0.05, 0) is 49.3 Å². The molecule has 27 heavy (non-hydrogen) atoms. The van der Waals surface area contributed by atoms with Crippen LogP contribution in [-0.2, 0) is 30.6 Å². The predicted octanol–water partition coefficient (Wildman–Crippen LogP) is 3.30. The standard InChI is InChI=1S/C21H26ClN3O2/c1-2-17(23-20(26)12-15-8-6-7-10-18(15)22)14-25-21(27)13-16-9-4-3-5-11-19(16)24-25/h6-8,10,13,17H,2-5,9,11-12,14H2,1H3,(H,23,26)/t17-/m0/s1. The zero-order chi connectivity index (χ0) is 19.2. The number of benzene rings is 1. The van der Waals surface area contributed by atoms with Gasteiger partial charge in [-0.1, -0.05) is 43.1 Å². The molecule has 0 unspecified atom stereocenters. The monoisotopic (exact) mass is 387 g/mol. The van der Waals surface area contributed by atoms with Crippen LogP contribution in [0.4, 0.5) is 0 Å². The smallest absolute Gasteiger partial charge is 0.267 e. The lowest BCUT2D eigenvalue weighted by atomic mass is 10.1. The van der Waals surface area contributed by atoms with E-state index in [1.165, 1.54) is 11.1 Å². The van der Waals surface area contributed by atoms with E-state index in [-0.39, 0.29) is 23.9 Å². The second-order valence-electron chi connectivity index (χ2n) is 7.14. The summed E-state index contributed by atoms with van der Waals surface area (Å²) in [4.78, 5) is 24.9. The van der Waals surface area contributed by atoms with Crippen molar-refractivity contribution in [3.8, 4) is 0 Å². The molecule has 1 aliphatic rings. The minimum atomic E-state index is -0.144. The molecule has 2 aromatic rings. The van der Waals surface area contributed by atoms with Gasteiger partial charge < -0.3 is 5.32 Å². The Balaban J connectivity index is 1.68. The van der Waals surface area contributed by atoms with Crippen LogP contribution in [0.15, 0.2) is 35.1 Å². The van der Waals surface area contributed by atoms with Crippen molar-refractivity contribution in [1.29, 1.82) is 0 Å². The molecule has 144 valence electrons. The van der Waals surface area contributed by atoms with Crippen molar-refractivity contribution in [1.82, 2.24) is 15.1 Å². The van der Waals surface area contributed by atoms with Crippen LogP contribution in [0.1, 0.15) is 49.4 Å². The van der Waals surface area contributed by atoms with E-state index in [2.05, 4.69) is 10.4 Å². The van der Waals surface area contributed by atoms with Gasteiger partial charge in [0.2, 0.25) is 5.91 Å². The fraction of sp³-hybridized carbons (Fsp3) is 0.476. The number of fused-ring (bicyclic) bond motifs is 1. The molecule has 0 radical (unpaired) electrons. The van der Waals surface area contributed by atoms with Crippen molar-refractivity contribution in [2.45, 2.75) is 64.5 Å².